The maximum absolute atomic E-state index is 12.5. The summed E-state index contributed by atoms with van der Waals surface area (Å²) in [5, 5.41) is 6.39. The van der Waals surface area contributed by atoms with Crippen LogP contribution < -0.4 is 10.6 Å². The lowest BCUT2D eigenvalue weighted by atomic mass is 10.1. The molecule has 1 saturated heterocycles. The number of nitrogens with zero attached hydrogens (tertiary/aromatic N) is 1. The first-order valence-electron chi connectivity index (χ1n) is 7.09. The monoisotopic (exact) mass is 345 g/mol. The van der Waals surface area contributed by atoms with Crippen molar-refractivity contribution in [1.82, 2.24) is 10.2 Å². The summed E-state index contributed by atoms with van der Waals surface area (Å²) >= 11 is 6.13. The fraction of sp³-hybridized carbons (Fsp3) is 0.467. The number of halogens is 2. The summed E-state index contributed by atoms with van der Waals surface area (Å²) in [6, 6.07) is 5.00. The number of carbonyl (C=O) groups is 2. The van der Waals surface area contributed by atoms with Crippen LogP contribution in [-0.2, 0) is 4.79 Å². The molecule has 22 heavy (non-hydrogen) atoms. The van der Waals surface area contributed by atoms with E-state index in [2.05, 4.69) is 10.6 Å². The van der Waals surface area contributed by atoms with E-state index in [1.807, 2.05) is 13.8 Å². The molecule has 1 aromatic rings. The van der Waals surface area contributed by atoms with Crippen molar-refractivity contribution in [3.63, 3.8) is 0 Å². The number of anilines is 1. The smallest absolute Gasteiger partial charge is 0.255 e. The first kappa shape index (κ1) is 18.7. The van der Waals surface area contributed by atoms with Crippen molar-refractivity contribution in [1.29, 1.82) is 0 Å². The Morgan fingerprint density at radius 2 is 1.91 bits per heavy atom. The fourth-order valence-electron chi connectivity index (χ4n) is 2.09. The number of benzene rings is 1. The summed E-state index contributed by atoms with van der Waals surface area (Å²) < 4.78 is 0. The highest BCUT2D eigenvalue weighted by Crippen LogP contribution is 2.22. The molecule has 0 aliphatic carbocycles. The average molecular weight is 346 g/mol. The van der Waals surface area contributed by atoms with Crippen LogP contribution in [0.5, 0.6) is 0 Å². The predicted molar refractivity (Wildman–Crippen MR) is 90.9 cm³/mol. The molecule has 0 atom stereocenters. The van der Waals surface area contributed by atoms with Gasteiger partial charge >= 0.3 is 0 Å². The van der Waals surface area contributed by atoms with E-state index >= 15 is 0 Å². The Hall–Kier alpha value is -1.30. The third-order valence-corrected chi connectivity index (χ3v) is 3.72. The molecule has 0 unspecified atom stereocenters. The van der Waals surface area contributed by atoms with Crippen LogP contribution in [0.15, 0.2) is 18.2 Å². The number of piperazine rings is 1. The summed E-state index contributed by atoms with van der Waals surface area (Å²) in [6.07, 6.45) is 0. The first-order valence-corrected chi connectivity index (χ1v) is 7.47. The summed E-state index contributed by atoms with van der Waals surface area (Å²) in [7, 11) is 0. The lowest BCUT2D eigenvalue weighted by molar-refractivity contribution is -0.118. The van der Waals surface area contributed by atoms with E-state index in [0.29, 0.717) is 29.4 Å². The Morgan fingerprint density at radius 1 is 1.27 bits per heavy atom. The van der Waals surface area contributed by atoms with Gasteiger partial charge in [0.15, 0.2) is 0 Å². The molecule has 5 nitrogen and oxygen atoms in total. The average Bonchev–Trinajstić information content (AvgIpc) is 2.49. The third-order valence-electron chi connectivity index (χ3n) is 3.39. The molecular formula is C15H21Cl2N3O2. The second-order valence-electron chi connectivity index (χ2n) is 5.38. The molecule has 0 saturated carbocycles. The molecule has 7 heteroatoms. The Morgan fingerprint density at radius 3 is 2.50 bits per heavy atom. The second-order valence-corrected chi connectivity index (χ2v) is 5.79. The van der Waals surface area contributed by atoms with E-state index in [0.717, 1.165) is 13.1 Å². The topological polar surface area (TPSA) is 61.4 Å². The van der Waals surface area contributed by atoms with Crippen LogP contribution >= 0.6 is 24.0 Å². The second kappa shape index (κ2) is 8.36. The van der Waals surface area contributed by atoms with Crippen LogP contribution in [0.3, 0.4) is 0 Å². The molecule has 1 fully saturated rings. The number of nitrogens with one attached hydrogen (secondary N) is 2. The minimum atomic E-state index is -0.118. The molecule has 0 bridgehead atoms. The van der Waals surface area contributed by atoms with Gasteiger partial charge in [-0.3, -0.25) is 9.59 Å². The Kier molecular flexibility index (Phi) is 7.13. The minimum absolute atomic E-state index is 0. The van der Waals surface area contributed by atoms with E-state index in [1.54, 1.807) is 23.1 Å². The molecule has 0 radical (unpaired) electrons. The van der Waals surface area contributed by atoms with Crippen molar-refractivity contribution >= 4 is 41.5 Å². The van der Waals surface area contributed by atoms with Crippen LogP contribution in [0.25, 0.3) is 0 Å². The lowest BCUT2D eigenvalue weighted by Crippen LogP contribution is -2.46. The Balaban J connectivity index is 0.00000242. The normalized spacial score (nSPS) is 14.5. The van der Waals surface area contributed by atoms with E-state index in [9.17, 15) is 9.59 Å². The van der Waals surface area contributed by atoms with Crippen molar-refractivity contribution < 1.29 is 9.59 Å². The summed E-state index contributed by atoms with van der Waals surface area (Å²) in [4.78, 5) is 26.0. The van der Waals surface area contributed by atoms with Gasteiger partial charge in [-0.1, -0.05) is 25.4 Å². The molecule has 0 spiro atoms. The molecule has 1 aliphatic rings. The van der Waals surface area contributed by atoms with Crippen LogP contribution in [0.4, 0.5) is 5.69 Å². The van der Waals surface area contributed by atoms with Gasteiger partial charge < -0.3 is 15.5 Å². The zero-order chi connectivity index (χ0) is 15.4. The maximum atomic E-state index is 12.5. The van der Waals surface area contributed by atoms with Gasteiger partial charge in [0.05, 0.1) is 10.6 Å². The zero-order valence-corrected chi connectivity index (χ0v) is 14.3. The molecule has 2 rings (SSSR count). The van der Waals surface area contributed by atoms with Crippen molar-refractivity contribution in [2.75, 3.05) is 31.5 Å². The third kappa shape index (κ3) is 4.60. The standard InChI is InChI=1S/C15H20ClN3O2.ClH/c1-10(2)14(20)18-11-3-4-13(16)12(9-11)15(21)19-7-5-17-6-8-19;/h3-4,9-10,17H,5-8H2,1-2H3,(H,18,20);1H. The fourth-order valence-corrected chi connectivity index (χ4v) is 2.29. The predicted octanol–water partition coefficient (Wildman–Crippen LogP) is 2.40. The van der Waals surface area contributed by atoms with Gasteiger partial charge in [-0.2, -0.15) is 0 Å². The number of carbonyl (C=O) groups excluding carboxylic acids is 2. The molecule has 2 N–H and O–H groups in total. The molecular weight excluding hydrogens is 325 g/mol. The maximum Gasteiger partial charge on any atom is 0.255 e. The van der Waals surface area contributed by atoms with E-state index in [1.165, 1.54) is 0 Å². The Labute approximate surface area is 141 Å². The van der Waals surface area contributed by atoms with Crippen molar-refractivity contribution in [2.45, 2.75) is 13.8 Å². The van der Waals surface area contributed by atoms with Crippen molar-refractivity contribution in [3.8, 4) is 0 Å². The van der Waals surface area contributed by atoms with Gasteiger partial charge in [-0.25, -0.2) is 0 Å². The number of rotatable bonds is 3. The highest BCUT2D eigenvalue weighted by atomic mass is 35.5. The highest BCUT2D eigenvalue weighted by Gasteiger charge is 2.21. The van der Waals surface area contributed by atoms with Crippen LogP contribution in [0.1, 0.15) is 24.2 Å². The van der Waals surface area contributed by atoms with Crippen molar-refractivity contribution in [3.05, 3.63) is 28.8 Å². The van der Waals surface area contributed by atoms with Gasteiger partial charge in [-0.05, 0) is 18.2 Å². The largest absolute Gasteiger partial charge is 0.336 e. The van der Waals surface area contributed by atoms with Crippen LogP contribution in [0.2, 0.25) is 5.02 Å². The molecule has 2 amide bonds. The molecule has 122 valence electrons. The molecule has 1 heterocycles. The minimum Gasteiger partial charge on any atom is -0.336 e. The van der Waals surface area contributed by atoms with Crippen LogP contribution in [-0.4, -0.2) is 42.9 Å². The first-order chi connectivity index (χ1) is 9.99. The summed E-state index contributed by atoms with van der Waals surface area (Å²) in [5.74, 6) is -0.298. The quantitative estimate of drug-likeness (QED) is 0.884. The number of hydrogen-bond acceptors (Lipinski definition) is 3. The van der Waals surface area contributed by atoms with E-state index in [-0.39, 0.29) is 30.1 Å². The molecule has 1 aliphatic heterocycles. The number of hydrogen-bond donors (Lipinski definition) is 2. The Bertz CT molecular complexity index is 544. The zero-order valence-electron chi connectivity index (χ0n) is 12.7. The van der Waals surface area contributed by atoms with Crippen LogP contribution in [0, 0.1) is 5.92 Å². The van der Waals surface area contributed by atoms with E-state index < -0.39 is 0 Å². The van der Waals surface area contributed by atoms with Gasteiger partial charge in [0.2, 0.25) is 5.91 Å². The molecule has 0 aromatic heterocycles. The van der Waals surface area contributed by atoms with Gasteiger partial charge in [0.25, 0.3) is 5.91 Å². The van der Waals surface area contributed by atoms with Gasteiger partial charge in [0, 0.05) is 37.8 Å². The van der Waals surface area contributed by atoms with E-state index in [4.69, 9.17) is 11.6 Å². The summed E-state index contributed by atoms with van der Waals surface area (Å²) in [6.45, 7) is 6.53. The summed E-state index contributed by atoms with van der Waals surface area (Å²) in [5.41, 5.74) is 1.02. The van der Waals surface area contributed by atoms with Gasteiger partial charge in [0.1, 0.15) is 0 Å². The molecule has 1 aromatic carbocycles. The highest BCUT2D eigenvalue weighted by molar-refractivity contribution is 6.34. The SMILES string of the molecule is CC(C)C(=O)Nc1ccc(Cl)c(C(=O)N2CCNCC2)c1.Cl. The number of amides is 2. The van der Waals surface area contributed by atoms with Crippen molar-refractivity contribution in [2.24, 2.45) is 5.92 Å². The lowest BCUT2D eigenvalue weighted by Gasteiger charge is -2.27. The van der Waals surface area contributed by atoms with Gasteiger partial charge in [-0.15, -0.1) is 12.4 Å².